The fourth-order valence-electron chi connectivity index (χ4n) is 3.23. The normalized spacial score (nSPS) is 32.8. The first-order valence-electron chi connectivity index (χ1n) is 7.17. The van der Waals surface area contributed by atoms with Crippen LogP contribution in [0.25, 0.3) is 0 Å². The van der Waals surface area contributed by atoms with Crippen LogP contribution in [-0.4, -0.2) is 41.1 Å². The second-order valence-electron chi connectivity index (χ2n) is 8.09. The summed E-state index contributed by atoms with van der Waals surface area (Å²) < 4.78 is 0. The summed E-state index contributed by atoms with van der Waals surface area (Å²) in [7, 11) is 0. The van der Waals surface area contributed by atoms with E-state index in [1.807, 2.05) is 0 Å². The molecule has 2 rings (SSSR count). The summed E-state index contributed by atoms with van der Waals surface area (Å²) >= 11 is 0. The zero-order valence-corrected chi connectivity index (χ0v) is 12.6. The van der Waals surface area contributed by atoms with Crippen molar-refractivity contribution in [1.82, 2.24) is 9.80 Å². The Morgan fingerprint density at radius 3 is 2.18 bits per heavy atom. The lowest BCUT2D eigenvalue weighted by Crippen LogP contribution is -2.54. The van der Waals surface area contributed by atoms with Gasteiger partial charge in [-0.05, 0) is 44.9 Å². The Morgan fingerprint density at radius 1 is 1.00 bits per heavy atom. The molecule has 2 saturated heterocycles. The minimum atomic E-state index is 0.324. The van der Waals surface area contributed by atoms with Crippen LogP contribution in [0.2, 0.25) is 0 Å². The van der Waals surface area contributed by atoms with Gasteiger partial charge >= 0.3 is 0 Å². The Balaban J connectivity index is 1.99. The molecule has 0 aromatic rings. The summed E-state index contributed by atoms with van der Waals surface area (Å²) in [5.41, 5.74) is 0.800. The monoisotopic (exact) mass is 238 g/mol. The lowest BCUT2D eigenvalue weighted by Gasteiger charge is -2.44. The summed E-state index contributed by atoms with van der Waals surface area (Å²) in [4.78, 5) is 5.36. The van der Waals surface area contributed by atoms with Crippen LogP contribution < -0.4 is 0 Å². The minimum Gasteiger partial charge on any atom is -0.287 e. The summed E-state index contributed by atoms with van der Waals surface area (Å²) in [6, 6.07) is 0.859. The van der Waals surface area contributed by atoms with Crippen molar-refractivity contribution >= 4 is 0 Å². The molecule has 0 spiro atoms. The quantitative estimate of drug-likeness (QED) is 0.639. The van der Waals surface area contributed by atoms with E-state index < -0.39 is 0 Å². The predicted molar refractivity (Wildman–Crippen MR) is 74.0 cm³/mol. The molecule has 100 valence electrons. The molecular formula is C15H30N2. The van der Waals surface area contributed by atoms with Crippen molar-refractivity contribution < 1.29 is 0 Å². The highest BCUT2D eigenvalue weighted by atomic mass is 15.4. The predicted octanol–water partition coefficient (Wildman–Crippen LogP) is 3.18. The van der Waals surface area contributed by atoms with Gasteiger partial charge in [0, 0.05) is 24.7 Å². The molecule has 2 aliphatic heterocycles. The van der Waals surface area contributed by atoms with Gasteiger partial charge in [0.1, 0.15) is 0 Å². The molecule has 0 saturated carbocycles. The van der Waals surface area contributed by atoms with Crippen molar-refractivity contribution in [3.8, 4) is 0 Å². The average molecular weight is 238 g/mol. The number of rotatable bonds is 0. The van der Waals surface area contributed by atoms with E-state index >= 15 is 0 Å². The van der Waals surface area contributed by atoms with E-state index in [-0.39, 0.29) is 0 Å². The van der Waals surface area contributed by atoms with Crippen LogP contribution in [0, 0.1) is 11.3 Å². The van der Waals surface area contributed by atoms with Gasteiger partial charge in [0.25, 0.3) is 0 Å². The van der Waals surface area contributed by atoms with E-state index in [9.17, 15) is 0 Å². The molecule has 0 amide bonds. The van der Waals surface area contributed by atoms with Crippen molar-refractivity contribution in [2.75, 3.05) is 19.8 Å². The van der Waals surface area contributed by atoms with Gasteiger partial charge in [-0.15, -0.1) is 0 Å². The largest absolute Gasteiger partial charge is 0.287 e. The molecule has 2 atom stereocenters. The summed E-state index contributed by atoms with van der Waals surface area (Å²) in [6.07, 6.45) is 2.78. The van der Waals surface area contributed by atoms with Crippen LogP contribution >= 0.6 is 0 Å². The topological polar surface area (TPSA) is 6.48 Å². The van der Waals surface area contributed by atoms with Crippen molar-refractivity contribution in [2.45, 2.75) is 66.0 Å². The van der Waals surface area contributed by atoms with Gasteiger partial charge in [-0.1, -0.05) is 20.8 Å². The Labute approximate surface area is 107 Å². The summed E-state index contributed by atoms with van der Waals surface area (Å²) in [5, 5.41) is 0. The van der Waals surface area contributed by atoms with Gasteiger partial charge in [0.15, 0.2) is 0 Å². The molecule has 2 unspecified atom stereocenters. The maximum atomic E-state index is 2.73. The molecule has 17 heavy (non-hydrogen) atoms. The Bertz CT molecular complexity index is 260. The Hall–Kier alpha value is -0.0800. The minimum absolute atomic E-state index is 0.324. The highest BCUT2D eigenvalue weighted by molar-refractivity contribution is 4.94. The van der Waals surface area contributed by atoms with Crippen LogP contribution in [0.3, 0.4) is 0 Å². The molecule has 0 bridgehead atoms. The maximum absolute atomic E-state index is 2.73. The molecular weight excluding hydrogens is 208 g/mol. The first-order chi connectivity index (χ1) is 7.68. The van der Waals surface area contributed by atoms with Gasteiger partial charge in [0.2, 0.25) is 0 Å². The van der Waals surface area contributed by atoms with E-state index in [1.165, 1.54) is 32.6 Å². The fraction of sp³-hybridized carbons (Fsp3) is 1.00. The second-order valence-corrected chi connectivity index (χ2v) is 8.09. The van der Waals surface area contributed by atoms with Gasteiger partial charge < -0.3 is 0 Å². The third-order valence-electron chi connectivity index (χ3n) is 4.79. The van der Waals surface area contributed by atoms with E-state index in [4.69, 9.17) is 0 Å². The van der Waals surface area contributed by atoms with Crippen LogP contribution in [0.4, 0.5) is 0 Å². The average Bonchev–Trinajstić information content (AvgIpc) is 2.57. The van der Waals surface area contributed by atoms with Crippen molar-refractivity contribution in [3.05, 3.63) is 0 Å². The molecule has 2 aliphatic rings. The van der Waals surface area contributed by atoms with Crippen LogP contribution in [-0.2, 0) is 0 Å². The van der Waals surface area contributed by atoms with E-state index in [1.54, 1.807) is 0 Å². The van der Waals surface area contributed by atoms with Crippen LogP contribution in [0.5, 0.6) is 0 Å². The first-order valence-corrected chi connectivity index (χ1v) is 7.17. The number of fused-ring (bicyclic) bond motifs is 1. The van der Waals surface area contributed by atoms with Gasteiger partial charge in [-0.25, -0.2) is 0 Å². The molecule has 0 aromatic carbocycles. The van der Waals surface area contributed by atoms with Crippen molar-refractivity contribution in [1.29, 1.82) is 0 Å². The lowest BCUT2D eigenvalue weighted by atomic mass is 9.79. The summed E-state index contributed by atoms with van der Waals surface area (Å²) in [6.45, 7) is 18.0. The number of hydrogen-bond donors (Lipinski definition) is 0. The summed E-state index contributed by atoms with van der Waals surface area (Å²) in [5.74, 6) is 0.882. The second kappa shape index (κ2) is 4.24. The lowest BCUT2D eigenvalue weighted by molar-refractivity contribution is 0.00574. The fourth-order valence-corrected chi connectivity index (χ4v) is 3.23. The number of nitrogens with zero attached hydrogens (tertiary/aromatic N) is 2. The Morgan fingerprint density at radius 2 is 1.65 bits per heavy atom. The molecule has 0 radical (unpaired) electrons. The molecule has 2 heterocycles. The molecule has 2 heteroatoms. The maximum Gasteiger partial charge on any atom is 0.0513 e. The molecule has 2 nitrogen and oxygen atoms in total. The van der Waals surface area contributed by atoms with Gasteiger partial charge in [-0.3, -0.25) is 9.80 Å². The first kappa shape index (κ1) is 13.4. The van der Waals surface area contributed by atoms with E-state index in [0.717, 1.165) is 12.0 Å². The highest BCUT2D eigenvalue weighted by Gasteiger charge is 2.41. The third-order valence-corrected chi connectivity index (χ3v) is 4.79. The smallest absolute Gasteiger partial charge is 0.0513 e. The molecule has 0 N–H and O–H groups in total. The van der Waals surface area contributed by atoms with Crippen LogP contribution in [0.15, 0.2) is 0 Å². The zero-order valence-electron chi connectivity index (χ0n) is 12.6. The number of hydrogen-bond acceptors (Lipinski definition) is 2. The third kappa shape index (κ3) is 2.85. The van der Waals surface area contributed by atoms with Gasteiger partial charge in [-0.2, -0.15) is 0 Å². The van der Waals surface area contributed by atoms with E-state index in [2.05, 4.69) is 51.3 Å². The molecule has 0 aliphatic carbocycles. The highest BCUT2D eigenvalue weighted by Crippen LogP contribution is 2.39. The van der Waals surface area contributed by atoms with Crippen molar-refractivity contribution in [3.63, 3.8) is 0 Å². The van der Waals surface area contributed by atoms with Crippen LogP contribution in [0.1, 0.15) is 54.4 Å². The zero-order chi connectivity index (χ0) is 12.8. The molecule has 0 aromatic heterocycles. The van der Waals surface area contributed by atoms with Gasteiger partial charge in [0.05, 0.1) is 6.67 Å². The SMILES string of the molecule is CC(C)(C)C1CC2CCN(C(C)(C)C)CN2C1. The standard InChI is InChI=1S/C15H30N2/c1-14(2,3)12-9-13-7-8-17(15(4,5)6)11-16(13)10-12/h12-13H,7-11H2,1-6H3. The van der Waals surface area contributed by atoms with E-state index in [0.29, 0.717) is 11.0 Å². The molecule has 2 fully saturated rings. The van der Waals surface area contributed by atoms with Crippen molar-refractivity contribution in [2.24, 2.45) is 11.3 Å². The Kier molecular flexibility index (Phi) is 3.33.